The van der Waals surface area contributed by atoms with E-state index < -0.39 is 0 Å². The van der Waals surface area contributed by atoms with Crippen molar-refractivity contribution in [1.29, 1.82) is 0 Å². The van der Waals surface area contributed by atoms with E-state index in [-0.39, 0.29) is 0 Å². The van der Waals surface area contributed by atoms with E-state index in [4.69, 9.17) is 5.73 Å². The van der Waals surface area contributed by atoms with Crippen LogP contribution in [0, 0.1) is 6.92 Å². The van der Waals surface area contributed by atoms with Gasteiger partial charge in [0.05, 0.1) is 11.4 Å². The lowest BCUT2D eigenvalue weighted by Crippen LogP contribution is -1.99. The first-order valence-electron chi connectivity index (χ1n) is 5.89. The van der Waals surface area contributed by atoms with Gasteiger partial charge >= 0.3 is 0 Å². The molecule has 0 fully saturated rings. The Hall–Kier alpha value is -2.36. The van der Waals surface area contributed by atoms with Gasteiger partial charge in [0, 0.05) is 6.42 Å². The van der Waals surface area contributed by atoms with E-state index in [1.54, 1.807) is 4.52 Å². The molecule has 2 N–H and O–H groups in total. The van der Waals surface area contributed by atoms with Gasteiger partial charge in [-0.1, -0.05) is 30.3 Å². The third-order valence-electron chi connectivity index (χ3n) is 3.03. The van der Waals surface area contributed by atoms with E-state index in [2.05, 4.69) is 22.2 Å². The summed E-state index contributed by atoms with van der Waals surface area (Å²) in [6, 6.07) is 14.0. The number of pyridine rings is 1. The van der Waals surface area contributed by atoms with Crippen LogP contribution in [0.15, 0.2) is 42.5 Å². The van der Waals surface area contributed by atoms with Crippen molar-refractivity contribution in [2.75, 3.05) is 5.73 Å². The molecule has 18 heavy (non-hydrogen) atoms. The number of aryl methyl sites for hydroxylation is 1. The molecular weight excluding hydrogens is 224 g/mol. The highest BCUT2D eigenvalue weighted by Crippen LogP contribution is 2.14. The molecule has 4 heteroatoms. The molecule has 0 unspecified atom stereocenters. The summed E-state index contributed by atoms with van der Waals surface area (Å²) < 4.78 is 1.80. The van der Waals surface area contributed by atoms with Crippen LogP contribution in [0.5, 0.6) is 0 Å². The summed E-state index contributed by atoms with van der Waals surface area (Å²) in [4.78, 5) is 4.51. The minimum Gasteiger partial charge on any atom is -0.397 e. The third-order valence-corrected chi connectivity index (χ3v) is 3.03. The van der Waals surface area contributed by atoms with Gasteiger partial charge in [0.25, 0.3) is 0 Å². The molecule has 0 aliphatic carbocycles. The molecule has 4 nitrogen and oxygen atoms in total. The van der Waals surface area contributed by atoms with Crippen LogP contribution >= 0.6 is 0 Å². The lowest BCUT2D eigenvalue weighted by atomic mass is 10.1. The molecule has 2 heterocycles. The minimum absolute atomic E-state index is 0.735. The average molecular weight is 238 g/mol. The van der Waals surface area contributed by atoms with Crippen molar-refractivity contribution in [2.24, 2.45) is 0 Å². The first kappa shape index (κ1) is 10.8. The molecule has 1 aromatic carbocycles. The molecular formula is C14H14N4. The fourth-order valence-corrected chi connectivity index (χ4v) is 1.98. The number of anilines is 1. The second kappa shape index (κ2) is 4.14. The number of hydrogen-bond donors (Lipinski definition) is 1. The number of fused-ring (bicyclic) bond motifs is 1. The fraction of sp³-hybridized carbons (Fsp3) is 0.143. The number of rotatable bonds is 2. The van der Waals surface area contributed by atoms with Crippen LogP contribution in [0.3, 0.4) is 0 Å². The Bertz CT molecular complexity index is 686. The largest absolute Gasteiger partial charge is 0.397 e. The van der Waals surface area contributed by atoms with Crippen LogP contribution in [-0.2, 0) is 6.42 Å². The highest BCUT2D eigenvalue weighted by Gasteiger charge is 2.07. The van der Waals surface area contributed by atoms with Gasteiger partial charge in [0.1, 0.15) is 0 Å². The van der Waals surface area contributed by atoms with Gasteiger partial charge in [-0.15, -0.1) is 0 Å². The van der Waals surface area contributed by atoms with Crippen molar-refractivity contribution >= 4 is 11.3 Å². The predicted octanol–water partition coefficient (Wildman–Crippen LogP) is 2.21. The van der Waals surface area contributed by atoms with E-state index in [1.165, 1.54) is 5.56 Å². The van der Waals surface area contributed by atoms with Gasteiger partial charge in [0.2, 0.25) is 0 Å². The molecule has 0 saturated heterocycles. The predicted molar refractivity (Wildman–Crippen MR) is 71.4 cm³/mol. The number of hydrogen-bond acceptors (Lipinski definition) is 3. The van der Waals surface area contributed by atoms with Crippen LogP contribution < -0.4 is 5.73 Å². The lowest BCUT2D eigenvalue weighted by molar-refractivity contribution is 0.873. The molecule has 0 amide bonds. The Kier molecular flexibility index (Phi) is 2.48. The molecule has 90 valence electrons. The number of nitrogens with two attached hydrogens (primary N) is 1. The molecule has 0 bridgehead atoms. The Morgan fingerprint density at radius 2 is 1.89 bits per heavy atom. The van der Waals surface area contributed by atoms with Crippen molar-refractivity contribution in [3.8, 4) is 0 Å². The Morgan fingerprint density at radius 1 is 1.11 bits per heavy atom. The molecule has 3 aromatic rings. The summed E-state index contributed by atoms with van der Waals surface area (Å²) in [6.07, 6.45) is 0.738. The van der Waals surface area contributed by atoms with Crippen LogP contribution in [0.4, 0.5) is 5.69 Å². The zero-order chi connectivity index (χ0) is 12.5. The van der Waals surface area contributed by atoms with Gasteiger partial charge in [0.15, 0.2) is 11.5 Å². The highest BCUT2D eigenvalue weighted by atomic mass is 15.3. The summed E-state index contributed by atoms with van der Waals surface area (Å²) in [5.74, 6) is 0.815. The minimum atomic E-state index is 0.735. The smallest absolute Gasteiger partial charge is 0.156 e. The molecule has 0 aliphatic rings. The van der Waals surface area contributed by atoms with Crippen LogP contribution in [-0.4, -0.2) is 14.6 Å². The topological polar surface area (TPSA) is 56.2 Å². The second-order valence-electron chi connectivity index (χ2n) is 4.33. The standard InChI is InChI=1S/C14H14N4/c1-10-12(15)7-8-14-16-13(17-18(10)14)9-11-5-3-2-4-6-11/h2-8H,9,15H2,1H3. The van der Waals surface area contributed by atoms with Gasteiger partial charge in [-0.2, -0.15) is 5.10 Å². The maximum absolute atomic E-state index is 5.86. The Balaban J connectivity index is 2.02. The van der Waals surface area contributed by atoms with E-state index in [9.17, 15) is 0 Å². The molecule has 0 saturated carbocycles. The third kappa shape index (κ3) is 1.82. The molecule has 2 aromatic heterocycles. The number of benzene rings is 1. The Labute approximate surface area is 105 Å². The zero-order valence-corrected chi connectivity index (χ0v) is 10.2. The second-order valence-corrected chi connectivity index (χ2v) is 4.33. The lowest BCUT2D eigenvalue weighted by Gasteiger charge is -2.00. The molecule has 0 atom stereocenters. The van der Waals surface area contributed by atoms with E-state index in [0.717, 1.165) is 29.3 Å². The maximum atomic E-state index is 5.86. The summed E-state index contributed by atoms with van der Waals surface area (Å²) >= 11 is 0. The fourth-order valence-electron chi connectivity index (χ4n) is 1.98. The van der Waals surface area contributed by atoms with Crippen molar-refractivity contribution < 1.29 is 0 Å². The SMILES string of the molecule is Cc1c(N)ccc2nc(Cc3ccccc3)nn12. The van der Waals surface area contributed by atoms with E-state index in [1.807, 2.05) is 37.3 Å². The van der Waals surface area contributed by atoms with E-state index in [0.29, 0.717) is 0 Å². The van der Waals surface area contributed by atoms with Crippen molar-refractivity contribution in [1.82, 2.24) is 14.6 Å². The zero-order valence-electron chi connectivity index (χ0n) is 10.2. The van der Waals surface area contributed by atoms with Crippen molar-refractivity contribution in [3.63, 3.8) is 0 Å². The monoisotopic (exact) mass is 238 g/mol. The maximum Gasteiger partial charge on any atom is 0.156 e. The Morgan fingerprint density at radius 3 is 2.67 bits per heavy atom. The molecule has 0 aliphatic heterocycles. The van der Waals surface area contributed by atoms with Crippen molar-refractivity contribution in [3.05, 3.63) is 59.5 Å². The molecule has 3 rings (SSSR count). The summed E-state index contributed by atoms with van der Waals surface area (Å²) in [6.45, 7) is 1.95. The van der Waals surface area contributed by atoms with Gasteiger partial charge < -0.3 is 5.73 Å². The van der Waals surface area contributed by atoms with Gasteiger partial charge in [-0.25, -0.2) is 9.50 Å². The van der Waals surface area contributed by atoms with Gasteiger partial charge in [-0.3, -0.25) is 0 Å². The quantitative estimate of drug-likeness (QED) is 0.744. The number of aromatic nitrogens is 3. The van der Waals surface area contributed by atoms with Crippen molar-refractivity contribution in [2.45, 2.75) is 13.3 Å². The van der Waals surface area contributed by atoms with Gasteiger partial charge in [-0.05, 0) is 24.6 Å². The van der Waals surface area contributed by atoms with E-state index >= 15 is 0 Å². The summed E-state index contributed by atoms with van der Waals surface area (Å²) in [5.41, 5.74) is 9.57. The van der Waals surface area contributed by atoms with Crippen LogP contribution in [0.2, 0.25) is 0 Å². The molecule has 0 spiro atoms. The average Bonchev–Trinajstić information content (AvgIpc) is 2.79. The summed E-state index contributed by atoms with van der Waals surface area (Å²) in [7, 11) is 0. The molecule has 0 radical (unpaired) electrons. The van der Waals surface area contributed by atoms with Crippen LogP contribution in [0.25, 0.3) is 5.65 Å². The highest BCUT2D eigenvalue weighted by molar-refractivity contribution is 5.51. The number of nitrogens with zero attached hydrogens (tertiary/aromatic N) is 3. The number of nitrogen functional groups attached to an aromatic ring is 1. The first-order valence-corrected chi connectivity index (χ1v) is 5.89. The first-order chi connectivity index (χ1) is 8.74. The normalized spacial score (nSPS) is 10.9. The summed E-state index contributed by atoms with van der Waals surface area (Å²) in [5, 5.41) is 4.49. The van der Waals surface area contributed by atoms with Crippen LogP contribution in [0.1, 0.15) is 17.1 Å².